The molecule has 19 heavy (non-hydrogen) atoms. The number of benzene rings is 1. The third-order valence-corrected chi connectivity index (χ3v) is 2.87. The van der Waals surface area contributed by atoms with Crippen molar-refractivity contribution in [3.8, 4) is 0 Å². The van der Waals surface area contributed by atoms with E-state index in [9.17, 15) is 9.18 Å². The molecular weight excluding hydrogens is 247 g/mol. The highest BCUT2D eigenvalue weighted by Crippen LogP contribution is 2.23. The maximum Gasteiger partial charge on any atom is 0.253 e. The molecule has 3 rings (SSSR count). The highest BCUT2D eigenvalue weighted by Gasteiger charge is 2.26. The summed E-state index contributed by atoms with van der Waals surface area (Å²) in [4.78, 5) is 11.9. The number of aryl methyl sites for hydroxylation is 1. The molecule has 0 bridgehead atoms. The Bertz CT molecular complexity index is 677. The summed E-state index contributed by atoms with van der Waals surface area (Å²) >= 11 is 0. The molecule has 0 radical (unpaired) electrons. The quantitative estimate of drug-likeness (QED) is 0.823. The molecule has 1 aliphatic heterocycles. The minimum Gasteiger partial charge on any atom is -0.275 e. The lowest BCUT2D eigenvalue weighted by Crippen LogP contribution is -2.19. The molecule has 2 aromatic rings. The van der Waals surface area contributed by atoms with Crippen molar-refractivity contribution in [1.82, 2.24) is 9.78 Å². The molecule has 5 nitrogen and oxygen atoms in total. The van der Waals surface area contributed by atoms with Crippen LogP contribution >= 0.6 is 0 Å². The van der Waals surface area contributed by atoms with Gasteiger partial charge in [-0.2, -0.15) is 10.2 Å². The Hall–Kier alpha value is -2.50. The molecule has 0 fully saturated rings. The molecule has 0 aliphatic carbocycles. The SMILES string of the molecule is Cn1cc(C2=NN(c3cccc(F)c3)C(=O)C2)cn1. The van der Waals surface area contributed by atoms with Crippen LogP contribution in [0.2, 0.25) is 0 Å². The second kappa shape index (κ2) is 4.31. The van der Waals surface area contributed by atoms with Crippen LogP contribution in [0.3, 0.4) is 0 Å². The fraction of sp³-hybridized carbons (Fsp3) is 0.154. The predicted octanol–water partition coefficient (Wildman–Crippen LogP) is 1.70. The van der Waals surface area contributed by atoms with Gasteiger partial charge in [0.05, 0.1) is 24.0 Å². The first-order valence-electron chi connectivity index (χ1n) is 5.78. The molecule has 0 saturated carbocycles. The molecular formula is C13H11FN4O. The Kier molecular flexibility index (Phi) is 2.63. The molecule has 2 heterocycles. The average molecular weight is 258 g/mol. The van der Waals surface area contributed by atoms with Gasteiger partial charge in [-0.15, -0.1) is 0 Å². The van der Waals surface area contributed by atoms with Crippen molar-refractivity contribution in [2.75, 3.05) is 5.01 Å². The minimum absolute atomic E-state index is 0.176. The summed E-state index contributed by atoms with van der Waals surface area (Å²) in [6.07, 6.45) is 3.64. The average Bonchev–Trinajstić information content (AvgIpc) is 2.95. The van der Waals surface area contributed by atoms with E-state index in [-0.39, 0.29) is 12.3 Å². The van der Waals surface area contributed by atoms with E-state index < -0.39 is 5.82 Å². The van der Waals surface area contributed by atoms with Gasteiger partial charge in [0.1, 0.15) is 5.82 Å². The van der Waals surface area contributed by atoms with Gasteiger partial charge in [0.15, 0.2) is 0 Å². The van der Waals surface area contributed by atoms with Crippen LogP contribution in [0.4, 0.5) is 10.1 Å². The van der Waals surface area contributed by atoms with Crippen molar-refractivity contribution in [3.05, 3.63) is 48.0 Å². The van der Waals surface area contributed by atoms with Crippen LogP contribution in [0.1, 0.15) is 12.0 Å². The standard InChI is InChI=1S/C13H11FN4O/c1-17-8-9(7-15-17)12-6-13(19)18(16-12)11-4-2-3-10(14)5-11/h2-5,7-8H,6H2,1H3. The molecule has 1 amide bonds. The molecule has 1 aromatic heterocycles. The first-order chi connectivity index (χ1) is 9.13. The van der Waals surface area contributed by atoms with Gasteiger partial charge >= 0.3 is 0 Å². The van der Waals surface area contributed by atoms with Crippen molar-refractivity contribution < 1.29 is 9.18 Å². The van der Waals surface area contributed by atoms with Crippen molar-refractivity contribution in [3.63, 3.8) is 0 Å². The maximum atomic E-state index is 13.2. The molecule has 6 heteroatoms. The molecule has 96 valence electrons. The van der Waals surface area contributed by atoms with Gasteiger partial charge in [-0.3, -0.25) is 9.48 Å². The first-order valence-corrected chi connectivity index (χ1v) is 5.78. The highest BCUT2D eigenvalue weighted by molar-refractivity contribution is 6.19. The Labute approximate surface area is 109 Å². The van der Waals surface area contributed by atoms with E-state index in [1.54, 1.807) is 36.3 Å². The zero-order valence-electron chi connectivity index (χ0n) is 10.2. The largest absolute Gasteiger partial charge is 0.275 e. The second-order valence-corrected chi connectivity index (χ2v) is 4.31. The topological polar surface area (TPSA) is 50.5 Å². The molecule has 0 saturated heterocycles. The fourth-order valence-electron chi connectivity index (χ4n) is 1.97. The van der Waals surface area contributed by atoms with E-state index in [0.29, 0.717) is 11.4 Å². The van der Waals surface area contributed by atoms with Crippen LogP contribution in [0.25, 0.3) is 0 Å². The van der Waals surface area contributed by atoms with Crippen LogP contribution in [0, 0.1) is 5.82 Å². The third kappa shape index (κ3) is 2.12. The van der Waals surface area contributed by atoms with Gasteiger partial charge in [0.2, 0.25) is 0 Å². The lowest BCUT2D eigenvalue weighted by Gasteiger charge is -2.10. The number of anilines is 1. The lowest BCUT2D eigenvalue weighted by molar-refractivity contribution is -0.116. The zero-order chi connectivity index (χ0) is 13.4. The number of aromatic nitrogens is 2. The number of hydrogen-bond acceptors (Lipinski definition) is 3. The Balaban J connectivity index is 1.95. The van der Waals surface area contributed by atoms with Crippen LogP contribution in [0.15, 0.2) is 41.8 Å². The van der Waals surface area contributed by atoms with E-state index in [4.69, 9.17) is 0 Å². The summed E-state index contributed by atoms with van der Waals surface area (Å²) in [6.45, 7) is 0. The maximum absolute atomic E-state index is 13.2. The number of amides is 1. The van der Waals surface area contributed by atoms with E-state index >= 15 is 0 Å². The number of halogens is 1. The summed E-state index contributed by atoms with van der Waals surface area (Å²) in [7, 11) is 1.80. The summed E-state index contributed by atoms with van der Waals surface area (Å²) in [6, 6.07) is 5.82. The number of nitrogens with zero attached hydrogens (tertiary/aromatic N) is 4. The van der Waals surface area contributed by atoms with Gasteiger partial charge < -0.3 is 0 Å². The van der Waals surface area contributed by atoms with E-state index in [1.807, 2.05) is 0 Å². The molecule has 0 spiro atoms. The van der Waals surface area contributed by atoms with Gasteiger partial charge in [0.25, 0.3) is 5.91 Å². The van der Waals surface area contributed by atoms with Crippen molar-refractivity contribution in [2.45, 2.75) is 6.42 Å². The number of rotatable bonds is 2. The van der Waals surface area contributed by atoms with Crippen molar-refractivity contribution >= 4 is 17.3 Å². The molecule has 0 atom stereocenters. The Morgan fingerprint density at radius 2 is 2.21 bits per heavy atom. The summed E-state index contributed by atoms with van der Waals surface area (Å²) in [5.41, 5.74) is 1.88. The predicted molar refractivity (Wildman–Crippen MR) is 68.2 cm³/mol. The minimum atomic E-state index is -0.393. The normalized spacial score (nSPS) is 14.9. The lowest BCUT2D eigenvalue weighted by atomic mass is 10.1. The molecule has 1 aliphatic rings. The van der Waals surface area contributed by atoms with E-state index in [1.165, 1.54) is 17.1 Å². The van der Waals surface area contributed by atoms with E-state index in [2.05, 4.69) is 10.2 Å². The van der Waals surface area contributed by atoms with Crippen molar-refractivity contribution in [1.29, 1.82) is 0 Å². The fourth-order valence-corrected chi connectivity index (χ4v) is 1.97. The van der Waals surface area contributed by atoms with Gasteiger partial charge in [0, 0.05) is 18.8 Å². The molecule has 0 N–H and O–H groups in total. The second-order valence-electron chi connectivity index (χ2n) is 4.31. The number of hydrogen-bond donors (Lipinski definition) is 0. The zero-order valence-corrected chi connectivity index (χ0v) is 10.2. The summed E-state index contributed by atoms with van der Waals surface area (Å²) in [5.74, 6) is -0.570. The number of carbonyl (C=O) groups excluding carboxylic acids is 1. The van der Waals surface area contributed by atoms with Crippen LogP contribution in [0.5, 0.6) is 0 Å². The van der Waals surface area contributed by atoms with Crippen LogP contribution in [-0.2, 0) is 11.8 Å². The monoisotopic (exact) mass is 258 g/mol. The smallest absolute Gasteiger partial charge is 0.253 e. The number of hydrazone groups is 1. The third-order valence-electron chi connectivity index (χ3n) is 2.87. The van der Waals surface area contributed by atoms with Crippen molar-refractivity contribution in [2.24, 2.45) is 12.1 Å². The summed E-state index contributed by atoms with van der Waals surface area (Å²) in [5, 5.41) is 9.52. The van der Waals surface area contributed by atoms with Gasteiger partial charge in [-0.25, -0.2) is 9.40 Å². The Morgan fingerprint density at radius 1 is 1.37 bits per heavy atom. The summed E-state index contributed by atoms with van der Waals surface area (Å²) < 4.78 is 14.8. The number of carbonyl (C=O) groups is 1. The van der Waals surface area contributed by atoms with Gasteiger partial charge in [-0.1, -0.05) is 6.07 Å². The Morgan fingerprint density at radius 3 is 2.89 bits per heavy atom. The van der Waals surface area contributed by atoms with Crippen LogP contribution < -0.4 is 5.01 Å². The highest BCUT2D eigenvalue weighted by atomic mass is 19.1. The van der Waals surface area contributed by atoms with Crippen LogP contribution in [-0.4, -0.2) is 21.4 Å². The molecule has 1 aromatic carbocycles. The molecule has 0 unspecified atom stereocenters. The van der Waals surface area contributed by atoms with Gasteiger partial charge in [-0.05, 0) is 18.2 Å². The first kappa shape index (κ1) is 11.6. The van der Waals surface area contributed by atoms with E-state index in [0.717, 1.165) is 5.56 Å².